The van der Waals surface area contributed by atoms with E-state index in [4.69, 9.17) is 10.5 Å². The van der Waals surface area contributed by atoms with Crippen LogP contribution in [0.15, 0.2) is 33.9 Å². The lowest BCUT2D eigenvalue weighted by Gasteiger charge is -2.09. The number of carbonyl (C=O) groups excluding carboxylic acids is 4. The summed E-state index contributed by atoms with van der Waals surface area (Å²) in [6, 6.07) is 6.75. The Morgan fingerprint density at radius 1 is 0.837 bits per heavy atom. The van der Waals surface area contributed by atoms with Gasteiger partial charge in [-0.3, -0.25) is 33.1 Å². The predicted molar refractivity (Wildman–Crippen MR) is 157 cm³/mol. The van der Waals surface area contributed by atoms with Crippen LogP contribution in [-0.2, 0) is 32.3 Å². The number of benzene rings is 1. The molecule has 2 aromatic heterocycles. The highest BCUT2D eigenvalue weighted by Gasteiger charge is 2.17. The molecule has 0 saturated carbocycles. The molecule has 1 aromatic carbocycles. The fraction of sp³-hybridized carbons (Fsp3) is 0.444. The van der Waals surface area contributed by atoms with Crippen LogP contribution in [0.25, 0.3) is 22.6 Å². The zero-order valence-corrected chi connectivity index (χ0v) is 24.2. The summed E-state index contributed by atoms with van der Waals surface area (Å²) in [5, 5.41) is 9.76. The minimum Gasteiger partial charge on any atom is -0.484 e. The van der Waals surface area contributed by atoms with Crippen molar-refractivity contribution in [1.29, 1.82) is 0 Å². The quantitative estimate of drug-likeness (QED) is 0.102. The molecule has 0 spiro atoms. The summed E-state index contributed by atoms with van der Waals surface area (Å²) in [4.78, 5) is 79.9. The van der Waals surface area contributed by atoms with Crippen LogP contribution in [0.2, 0.25) is 0 Å². The fourth-order valence-corrected chi connectivity index (χ4v) is 4.02. The lowest BCUT2D eigenvalue weighted by Crippen LogP contribution is -2.44. The number of H-pyrrole nitrogens is 1. The maximum atomic E-state index is 12.9. The molecular weight excluding hydrogens is 562 g/mol. The average molecular weight is 600 g/mol. The van der Waals surface area contributed by atoms with Gasteiger partial charge in [0.25, 0.3) is 11.5 Å². The van der Waals surface area contributed by atoms with Crippen molar-refractivity contribution in [2.24, 2.45) is 5.73 Å². The van der Waals surface area contributed by atoms with Gasteiger partial charge in [0.2, 0.25) is 17.7 Å². The second kappa shape index (κ2) is 15.9. The van der Waals surface area contributed by atoms with E-state index in [0.717, 1.165) is 0 Å². The predicted octanol–water partition coefficient (Wildman–Crippen LogP) is -1.82. The average Bonchev–Trinajstić information content (AvgIpc) is 3.46. The van der Waals surface area contributed by atoms with Gasteiger partial charge in [-0.1, -0.05) is 13.8 Å². The Labute approximate surface area is 246 Å². The first-order valence-electron chi connectivity index (χ1n) is 13.9. The van der Waals surface area contributed by atoms with E-state index >= 15 is 0 Å². The Morgan fingerprint density at radius 2 is 1.42 bits per heavy atom. The standard InChI is InChI=1S/C27H37N9O7/c1-3-11-35-25-23(26(41)36(12-4-2)27(35)42)33-24(34-25)17-5-7-18(8-6-17)43-16-22(40)30-10-9-29-20(38)14-32-21(39)15-31-19(37)13-28/h5-8H,3-4,9-16,28H2,1-2H3,(H,29,38)(H,30,40)(H,31,37)(H,32,39)(H,33,34). The topological polar surface area (TPSA) is 224 Å². The molecule has 43 heavy (non-hydrogen) atoms. The van der Waals surface area contributed by atoms with Gasteiger partial charge >= 0.3 is 5.69 Å². The Kier molecular flexibility index (Phi) is 12.0. The molecule has 0 atom stereocenters. The number of nitrogens with zero attached hydrogens (tertiary/aromatic N) is 3. The van der Waals surface area contributed by atoms with E-state index in [1.54, 1.807) is 24.3 Å². The molecule has 0 saturated heterocycles. The van der Waals surface area contributed by atoms with E-state index in [-0.39, 0.29) is 50.5 Å². The van der Waals surface area contributed by atoms with Crippen molar-refractivity contribution < 1.29 is 23.9 Å². The smallest absolute Gasteiger partial charge is 0.332 e. The van der Waals surface area contributed by atoms with Gasteiger partial charge in [-0.25, -0.2) is 9.78 Å². The number of hydrogen-bond acceptors (Lipinski definition) is 9. The van der Waals surface area contributed by atoms with Gasteiger partial charge in [-0.15, -0.1) is 0 Å². The molecule has 0 unspecified atom stereocenters. The summed E-state index contributed by atoms with van der Waals surface area (Å²) in [6.45, 7) is 3.79. The first-order chi connectivity index (χ1) is 20.7. The number of aryl methyl sites for hydroxylation is 1. The molecule has 0 aliphatic carbocycles. The van der Waals surface area contributed by atoms with Gasteiger partial charge in [-0.2, -0.15) is 0 Å². The number of imidazole rings is 1. The van der Waals surface area contributed by atoms with Gasteiger partial charge in [0, 0.05) is 31.7 Å². The van der Waals surface area contributed by atoms with Gasteiger partial charge in [-0.05, 0) is 37.1 Å². The first-order valence-corrected chi connectivity index (χ1v) is 13.9. The van der Waals surface area contributed by atoms with Gasteiger partial charge in [0.05, 0.1) is 19.6 Å². The molecule has 0 aliphatic heterocycles. The van der Waals surface area contributed by atoms with Gasteiger partial charge in [0.1, 0.15) is 17.1 Å². The third-order valence-electron chi connectivity index (χ3n) is 6.10. The maximum absolute atomic E-state index is 12.9. The van der Waals surface area contributed by atoms with Crippen molar-refractivity contribution in [1.82, 2.24) is 40.4 Å². The van der Waals surface area contributed by atoms with E-state index in [0.29, 0.717) is 48.7 Å². The van der Waals surface area contributed by atoms with Crippen LogP contribution < -0.4 is 43.0 Å². The molecule has 4 amide bonds. The van der Waals surface area contributed by atoms with Crippen LogP contribution >= 0.6 is 0 Å². The molecule has 0 radical (unpaired) electrons. The molecule has 3 aromatic rings. The van der Waals surface area contributed by atoms with Crippen LogP contribution in [0.4, 0.5) is 0 Å². The van der Waals surface area contributed by atoms with Crippen LogP contribution in [-0.4, -0.2) is 82.1 Å². The molecule has 16 heteroatoms. The molecule has 0 aliphatic rings. The summed E-state index contributed by atoms with van der Waals surface area (Å²) in [5.41, 5.74) is 5.58. The number of ether oxygens (including phenoxy) is 1. The van der Waals surface area contributed by atoms with Crippen molar-refractivity contribution in [2.75, 3.05) is 39.3 Å². The summed E-state index contributed by atoms with van der Waals surface area (Å²) in [6.07, 6.45) is 1.35. The number of amides is 4. The Bertz CT molecular complexity index is 1560. The van der Waals surface area contributed by atoms with Gasteiger partial charge in [0.15, 0.2) is 12.3 Å². The molecule has 7 N–H and O–H groups in total. The second-order valence-electron chi connectivity index (χ2n) is 9.45. The van der Waals surface area contributed by atoms with Crippen molar-refractivity contribution in [3.05, 3.63) is 45.1 Å². The SMILES string of the molecule is CCCn1c(=O)c2[nH]c(-c3ccc(OCC(=O)NCCNC(=O)CNC(=O)CNC(=O)CN)cc3)nc2n(CCC)c1=O. The molecule has 2 heterocycles. The number of aromatic amines is 1. The van der Waals surface area contributed by atoms with Crippen LogP contribution in [0.3, 0.4) is 0 Å². The number of nitrogens with one attached hydrogen (secondary N) is 5. The van der Waals surface area contributed by atoms with Crippen LogP contribution in [0.1, 0.15) is 26.7 Å². The summed E-state index contributed by atoms with van der Waals surface area (Å²) >= 11 is 0. The third-order valence-corrected chi connectivity index (χ3v) is 6.10. The number of nitrogens with two attached hydrogens (primary N) is 1. The molecule has 0 fully saturated rings. The lowest BCUT2D eigenvalue weighted by atomic mass is 10.2. The zero-order valence-electron chi connectivity index (χ0n) is 24.2. The van der Waals surface area contributed by atoms with Gasteiger partial charge < -0.3 is 36.7 Å². The number of rotatable bonds is 16. The number of hydrogen-bond donors (Lipinski definition) is 6. The highest BCUT2D eigenvalue weighted by molar-refractivity contribution is 5.88. The molecule has 3 rings (SSSR count). The highest BCUT2D eigenvalue weighted by Crippen LogP contribution is 2.21. The summed E-state index contributed by atoms with van der Waals surface area (Å²) < 4.78 is 8.26. The fourth-order valence-electron chi connectivity index (χ4n) is 4.02. The number of carbonyl (C=O) groups is 4. The zero-order chi connectivity index (χ0) is 31.4. The normalized spacial score (nSPS) is 10.8. The van der Waals surface area contributed by atoms with E-state index in [9.17, 15) is 28.8 Å². The van der Waals surface area contributed by atoms with Crippen LogP contribution in [0.5, 0.6) is 5.75 Å². The van der Waals surface area contributed by atoms with E-state index < -0.39 is 29.2 Å². The minimum atomic E-state index is -0.539. The Balaban J connectivity index is 1.47. The van der Waals surface area contributed by atoms with Crippen molar-refractivity contribution in [2.45, 2.75) is 39.8 Å². The lowest BCUT2D eigenvalue weighted by molar-refractivity contribution is -0.127. The molecule has 0 bridgehead atoms. The Hall–Kier alpha value is -4.99. The van der Waals surface area contributed by atoms with E-state index in [2.05, 4.69) is 31.2 Å². The number of aromatic nitrogens is 4. The molecule has 232 valence electrons. The largest absolute Gasteiger partial charge is 0.484 e. The summed E-state index contributed by atoms with van der Waals surface area (Å²) in [7, 11) is 0. The first kappa shape index (κ1) is 32.5. The van der Waals surface area contributed by atoms with Crippen LogP contribution in [0, 0.1) is 0 Å². The van der Waals surface area contributed by atoms with Crippen molar-refractivity contribution in [3.63, 3.8) is 0 Å². The van der Waals surface area contributed by atoms with Crippen molar-refractivity contribution in [3.8, 4) is 17.1 Å². The Morgan fingerprint density at radius 3 is 2.05 bits per heavy atom. The maximum Gasteiger partial charge on any atom is 0.332 e. The molecular formula is C27H37N9O7. The number of fused-ring (bicyclic) bond motifs is 1. The second-order valence-corrected chi connectivity index (χ2v) is 9.45. The minimum absolute atomic E-state index is 0.131. The van der Waals surface area contributed by atoms with E-state index in [1.165, 1.54) is 9.13 Å². The molecule has 16 nitrogen and oxygen atoms in total. The third kappa shape index (κ3) is 9.00. The highest BCUT2D eigenvalue weighted by atomic mass is 16.5. The van der Waals surface area contributed by atoms with E-state index in [1.807, 2.05) is 13.8 Å². The van der Waals surface area contributed by atoms with Crippen molar-refractivity contribution >= 4 is 34.8 Å². The summed E-state index contributed by atoms with van der Waals surface area (Å²) in [5.74, 6) is -1.04. The monoisotopic (exact) mass is 599 g/mol.